The summed E-state index contributed by atoms with van der Waals surface area (Å²) in [6.45, 7) is 0.234. The van der Waals surface area contributed by atoms with Gasteiger partial charge in [-0.1, -0.05) is 0 Å². The average molecular weight is 201 g/mol. The third-order valence-electron chi connectivity index (χ3n) is 1.13. The monoisotopic (exact) mass is 201 g/mol. The summed E-state index contributed by atoms with van der Waals surface area (Å²) < 4.78 is 39.3. The van der Waals surface area contributed by atoms with Gasteiger partial charge in [-0.15, -0.1) is 0 Å². The van der Waals surface area contributed by atoms with E-state index in [0.29, 0.717) is 0 Å². The molecule has 0 radical (unpaired) electrons. The number of rotatable bonds is 3. The van der Waals surface area contributed by atoms with Gasteiger partial charge in [-0.25, -0.2) is 4.79 Å². The van der Waals surface area contributed by atoms with Crippen LogP contribution in [0.1, 0.15) is 6.92 Å². The van der Waals surface area contributed by atoms with Gasteiger partial charge in [-0.05, 0) is 6.92 Å². The van der Waals surface area contributed by atoms with Crippen molar-refractivity contribution in [3.8, 4) is 0 Å². The molecule has 1 unspecified atom stereocenters. The molecule has 13 heavy (non-hydrogen) atoms. The van der Waals surface area contributed by atoms with Gasteiger partial charge in [0.1, 0.15) is 0 Å². The summed E-state index contributed by atoms with van der Waals surface area (Å²) in [5, 5.41) is 10.1. The van der Waals surface area contributed by atoms with Crippen molar-refractivity contribution < 1.29 is 27.8 Å². The van der Waals surface area contributed by atoms with E-state index in [1.54, 1.807) is 0 Å². The quantitative estimate of drug-likeness (QED) is 0.705. The molecule has 0 aromatic heterocycles. The van der Waals surface area contributed by atoms with Gasteiger partial charge in [0.05, 0.1) is 6.61 Å². The Morgan fingerprint density at radius 2 is 2.15 bits per heavy atom. The molecule has 1 atom stereocenters. The normalized spacial score (nSPS) is 13.6. The van der Waals surface area contributed by atoms with E-state index in [4.69, 9.17) is 5.11 Å². The van der Waals surface area contributed by atoms with Crippen molar-refractivity contribution in [1.29, 1.82) is 0 Å². The van der Waals surface area contributed by atoms with Crippen molar-refractivity contribution in [2.75, 3.05) is 13.2 Å². The largest absolute Gasteiger partial charge is 0.437 e. The lowest BCUT2D eigenvalue weighted by Crippen LogP contribution is -2.36. The van der Waals surface area contributed by atoms with E-state index in [0.717, 1.165) is 6.92 Å². The van der Waals surface area contributed by atoms with Gasteiger partial charge in [-0.3, -0.25) is 0 Å². The summed E-state index contributed by atoms with van der Waals surface area (Å²) in [5.74, 6) is 0. The van der Waals surface area contributed by atoms with Crippen LogP contribution in [0.25, 0.3) is 0 Å². The molecule has 0 saturated carbocycles. The topological polar surface area (TPSA) is 58.6 Å². The van der Waals surface area contributed by atoms with Gasteiger partial charge in [0.2, 0.25) is 0 Å². The van der Waals surface area contributed by atoms with Gasteiger partial charge in [0, 0.05) is 6.54 Å². The first-order valence-electron chi connectivity index (χ1n) is 3.50. The fourth-order valence-corrected chi connectivity index (χ4v) is 0.427. The van der Waals surface area contributed by atoms with Crippen molar-refractivity contribution >= 4 is 6.09 Å². The SMILES string of the molecule is CC(OC(=O)NCCO)C(F)(F)F. The fourth-order valence-electron chi connectivity index (χ4n) is 0.427. The van der Waals surface area contributed by atoms with Gasteiger partial charge in [-0.2, -0.15) is 13.2 Å². The molecule has 0 aliphatic heterocycles. The summed E-state index contributed by atoms with van der Waals surface area (Å²) in [6.07, 6.45) is -7.90. The molecular formula is C6H10F3NO3. The Hall–Kier alpha value is -0.980. The zero-order valence-corrected chi connectivity index (χ0v) is 6.89. The van der Waals surface area contributed by atoms with Gasteiger partial charge in [0.25, 0.3) is 0 Å². The molecule has 0 aliphatic rings. The maximum absolute atomic E-state index is 11.8. The number of aliphatic hydroxyl groups is 1. The molecule has 0 aromatic carbocycles. The summed E-state index contributed by atoms with van der Waals surface area (Å²) >= 11 is 0. The van der Waals surface area contributed by atoms with Crippen molar-refractivity contribution in [1.82, 2.24) is 5.32 Å². The molecule has 7 heteroatoms. The van der Waals surface area contributed by atoms with E-state index in [2.05, 4.69) is 4.74 Å². The Kier molecular flexibility index (Phi) is 4.53. The number of alkyl carbamates (subject to hydrolysis) is 1. The molecule has 4 nitrogen and oxygen atoms in total. The number of halogens is 3. The van der Waals surface area contributed by atoms with Crippen molar-refractivity contribution in [3.63, 3.8) is 0 Å². The van der Waals surface area contributed by atoms with E-state index >= 15 is 0 Å². The number of ether oxygens (including phenoxy) is 1. The number of carbonyl (C=O) groups excluding carboxylic acids is 1. The zero-order chi connectivity index (χ0) is 10.5. The second kappa shape index (κ2) is 4.90. The number of aliphatic hydroxyl groups excluding tert-OH is 1. The van der Waals surface area contributed by atoms with E-state index < -0.39 is 18.4 Å². The maximum atomic E-state index is 11.8. The van der Waals surface area contributed by atoms with Crippen LogP contribution < -0.4 is 5.32 Å². The minimum atomic E-state index is -4.56. The predicted octanol–water partition coefficient (Wildman–Crippen LogP) is 0.656. The molecule has 0 bridgehead atoms. The van der Waals surface area contributed by atoms with E-state index in [-0.39, 0.29) is 13.2 Å². The highest BCUT2D eigenvalue weighted by molar-refractivity contribution is 5.67. The highest BCUT2D eigenvalue weighted by atomic mass is 19.4. The lowest BCUT2D eigenvalue weighted by molar-refractivity contribution is -0.197. The van der Waals surface area contributed by atoms with Crippen LogP contribution in [-0.4, -0.2) is 36.6 Å². The van der Waals surface area contributed by atoms with Crippen molar-refractivity contribution in [2.24, 2.45) is 0 Å². The minimum Gasteiger partial charge on any atom is -0.437 e. The van der Waals surface area contributed by atoms with Crippen LogP contribution >= 0.6 is 0 Å². The van der Waals surface area contributed by atoms with E-state index in [9.17, 15) is 18.0 Å². The number of hydrogen-bond acceptors (Lipinski definition) is 3. The molecule has 0 aromatic rings. The number of carbonyl (C=O) groups is 1. The van der Waals surface area contributed by atoms with Crippen LogP contribution in [-0.2, 0) is 4.74 Å². The molecule has 2 N–H and O–H groups in total. The Morgan fingerprint density at radius 3 is 2.54 bits per heavy atom. The molecule has 78 valence electrons. The first-order valence-corrected chi connectivity index (χ1v) is 3.50. The Bertz CT molecular complexity index is 171. The van der Waals surface area contributed by atoms with Crippen molar-refractivity contribution in [2.45, 2.75) is 19.2 Å². The Balaban J connectivity index is 3.79. The minimum absolute atomic E-state index is 0.136. The highest BCUT2D eigenvalue weighted by Gasteiger charge is 2.39. The molecular weight excluding hydrogens is 191 g/mol. The number of nitrogens with one attached hydrogen (secondary N) is 1. The summed E-state index contributed by atoms with van der Waals surface area (Å²) in [4.78, 5) is 10.5. The molecule has 0 fully saturated rings. The van der Waals surface area contributed by atoms with Crippen LogP contribution in [0, 0.1) is 0 Å². The Labute approximate surface area is 72.7 Å². The van der Waals surface area contributed by atoms with Crippen molar-refractivity contribution in [3.05, 3.63) is 0 Å². The summed E-state index contributed by atoms with van der Waals surface area (Å²) in [7, 11) is 0. The first kappa shape index (κ1) is 12.0. The lowest BCUT2D eigenvalue weighted by Gasteiger charge is -2.16. The van der Waals surface area contributed by atoms with E-state index in [1.165, 1.54) is 0 Å². The number of alkyl halides is 3. The van der Waals surface area contributed by atoms with Gasteiger partial charge >= 0.3 is 12.3 Å². The number of amides is 1. The molecule has 0 spiro atoms. The van der Waals surface area contributed by atoms with E-state index in [1.807, 2.05) is 5.32 Å². The van der Waals surface area contributed by atoms with Crippen LogP contribution in [0.4, 0.5) is 18.0 Å². The molecule has 0 aliphatic carbocycles. The maximum Gasteiger partial charge on any atom is 0.425 e. The van der Waals surface area contributed by atoms with Crippen LogP contribution in [0.2, 0.25) is 0 Å². The smallest absolute Gasteiger partial charge is 0.425 e. The molecule has 0 rings (SSSR count). The van der Waals surface area contributed by atoms with Crippen LogP contribution in [0.5, 0.6) is 0 Å². The van der Waals surface area contributed by atoms with Gasteiger partial charge < -0.3 is 15.2 Å². The average Bonchev–Trinajstić information content (AvgIpc) is 1.99. The van der Waals surface area contributed by atoms with Crippen LogP contribution in [0.3, 0.4) is 0 Å². The third-order valence-corrected chi connectivity index (χ3v) is 1.13. The second-order valence-electron chi connectivity index (χ2n) is 2.24. The molecule has 0 saturated heterocycles. The third kappa shape index (κ3) is 5.29. The number of hydrogen-bond donors (Lipinski definition) is 2. The first-order chi connectivity index (χ1) is 5.88. The fraction of sp³-hybridized carbons (Fsp3) is 0.833. The Morgan fingerprint density at radius 1 is 1.62 bits per heavy atom. The highest BCUT2D eigenvalue weighted by Crippen LogP contribution is 2.22. The molecule has 0 heterocycles. The van der Waals surface area contributed by atoms with Gasteiger partial charge in [0.15, 0.2) is 6.10 Å². The zero-order valence-electron chi connectivity index (χ0n) is 6.89. The summed E-state index contributed by atoms with van der Waals surface area (Å²) in [6, 6.07) is 0. The standard InChI is InChI=1S/C6H10F3NO3/c1-4(6(7,8)9)13-5(12)10-2-3-11/h4,11H,2-3H2,1H3,(H,10,12). The predicted molar refractivity (Wildman–Crippen MR) is 37.1 cm³/mol. The lowest BCUT2D eigenvalue weighted by atomic mass is 10.4. The van der Waals surface area contributed by atoms with Crippen LogP contribution in [0.15, 0.2) is 0 Å². The summed E-state index contributed by atoms with van der Waals surface area (Å²) in [5.41, 5.74) is 0. The molecule has 1 amide bonds. The second-order valence-corrected chi connectivity index (χ2v) is 2.24.